The minimum Gasteiger partial charge on any atom is -0.370 e. The first-order valence-corrected chi connectivity index (χ1v) is 11.0. The Morgan fingerprint density at radius 2 is 1.58 bits per heavy atom. The Hall–Kier alpha value is -3.18. The highest BCUT2D eigenvalue weighted by atomic mass is 15.1. The van der Waals surface area contributed by atoms with Crippen molar-refractivity contribution in [3.8, 4) is 22.3 Å². The molecule has 1 aliphatic heterocycles. The number of pyridine rings is 1. The number of aryl methyl sites for hydroxylation is 3. The quantitative estimate of drug-likeness (QED) is 0.524. The molecule has 1 fully saturated rings. The van der Waals surface area contributed by atoms with E-state index in [0.29, 0.717) is 0 Å². The number of nitrogens with two attached hydrogens (primary N) is 1. The van der Waals surface area contributed by atoms with Gasteiger partial charge in [-0.15, -0.1) is 0 Å². The van der Waals surface area contributed by atoms with Crippen LogP contribution < -0.4 is 10.6 Å². The summed E-state index contributed by atoms with van der Waals surface area (Å²) >= 11 is 0. The lowest BCUT2D eigenvalue weighted by molar-refractivity contribution is 0.501. The van der Waals surface area contributed by atoms with E-state index in [9.17, 15) is 0 Å². The first-order valence-electron chi connectivity index (χ1n) is 11.0. The molecular formula is C26H29N5. The van der Waals surface area contributed by atoms with Crippen LogP contribution in [0.3, 0.4) is 0 Å². The summed E-state index contributed by atoms with van der Waals surface area (Å²) < 4.78 is 2.05. The van der Waals surface area contributed by atoms with E-state index in [2.05, 4.69) is 69.7 Å². The molecular weight excluding hydrogens is 382 g/mol. The number of rotatable bonds is 3. The molecule has 2 aromatic carbocycles. The molecule has 158 valence electrons. The van der Waals surface area contributed by atoms with Gasteiger partial charge in [0.1, 0.15) is 0 Å². The third-order valence-corrected chi connectivity index (χ3v) is 6.34. The van der Waals surface area contributed by atoms with E-state index in [4.69, 9.17) is 5.73 Å². The molecule has 0 radical (unpaired) electrons. The number of hydrogen-bond donors (Lipinski definition) is 1. The summed E-state index contributed by atoms with van der Waals surface area (Å²) in [5.41, 5.74) is 16.8. The van der Waals surface area contributed by atoms with Crippen molar-refractivity contribution in [2.24, 2.45) is 12.8 Å². The Bertz CT molecular complexity index is 1230. The van der Waals surface area contributed by atoms with E-state index in [0.717, 1.165) is 48.1 Å². The standard InChI is InChI=1S/C26H29N5/c1-17-10-18(2)12-20(11-17)23-15-28-14-22(26(23)31-8-6-21(27)7-9-31)19-4-5-25-24(13-19)29-16-30(25)3/h4-5,10-16,21H,6-9,27H2,1-3H3. The van der Waals surface area contributed by atoms with Gasteiger partial charge >= 0.3 is 0 Å². The van der Waals surface area contributed by atoms with E-state index in [-0.39, 0.29) is 6.04 Å². The molecule has 2 aromatic heterocycles. The topological polar surface area (TPSA) is 60.0 Å². The van der Waals surface area contributed by atoms with E-state index in [1.165, 1.54) is 27.9 Å². The number of hydrogen-bond acceptors (Lipinski definition) is 4. The van der Waals surface area contributed by atoms with Crippen molar-refractivity contribution < 1.29 is 0 Å². The van der Waals surface area contributed by atoms with Gasteiger partial charge in [-0.3, -0.25) is 4.98 Å². The third kappa shape index (κ3) is 3.70. The molecule has 0 bridgehead atoms. The summed E-state index contributed by atoms with van der Waals surface area (Å²) in [5, 5.41) is 0. The van der Waals surface area contributed by atoms with Gasteiger partial charge in [0.05, 0.1) is 23.0 Å². The maximum atomic E-state index is 6.23. The molecule has 5 rings (SSSR count). The van der Waals surface area contributed by atoms with E-state index in [1.807, 2.05) is 25.8 Å². The zero-order valence-corrected chi connectivity index (χ0v) is 18.5. The number of nitrogens with zero attached hydrogens (tertiary/aromatic N) is 4. The SMILES string of the molecule is Cc1cc(C)cc(-c2cncc(-c3ccc4c(c3)ncn4C)c2N2CCC(N)CC2)c1. The van der Waals surface area contributed by atoms with Gasteiger partial charge in [-0.1, -0.05) is 35.4 Å². The lowest BCUT2D eigenvalue weighted by Gasteiger charge is -2.35. The van der Waals surface area contributed by atoms with Gasteiger partial charge in [0.25, 0.3) is 0 Å². The number of aromatic nitrogens is 3. The highest BCUT2D eigenvalue weighted by Crippen LogP contribution is 2.41. The second-order valence-corrected chi connectivity index (χ2v) is 8.84. The van der Waals surface area contributed by atoms with Crippen LogP contribution in [0.4, 0.5) is 5.69 Å². The molecule has 0 amide bonds. The number of anilines is 1. The first kappa shape index (κ1) is 19.8. The lowest BCUT2D eigenvalue weighted by Crippen LogP contribution is -2.40. The highest BCUT2D eigenvalue weighted by Gasteiger charge is 2.23. The molecule has 2 N–H and O–H groups in total. The van der Waals surface area contributed by atoms with Gasteiger partial charge in [0.15, 0.2) is 0 Å². The maximum Gasteiger partial charge on any atom is 0.0955 e. The van der Waals surface area contributed by atoms with Crippen LogP contribution in [0.25, 0.3) is 33.3 Å². The Morgan fingerprint density at radius 3 is 2.29 bits per heavy atom. The summed E-state index contributed by atoms with van der Waals surface area (Å²) in [5.74, 6) is 0. The average molecular weight is 412 g/mol. The Balaban J connectivity index is 1.71. The molecule has 0 spiro atoms. The lowest BCUT2D eigenvalue weighted by atomic mass is 9.94. The van der Waals surface area contributed by atoms with Crippen LogP contribution in [-0.4, -0.2) is 33.7 Å². The van der Waals surface area contributed by atoms with E-state index >= 15 is 0 Å². The monoisotopic (exact) mass is 411 g/mol. The number of benzene rings is 2. The molecule has 3 heterocycles. The summed E-state index contributed by atoms with van der Waals surface area (Å²) in [6.07, 6.45) is 7.90. The maximum absolute atomic E-state index is 6.23. The molecule has 4 aromatic rings. The molecule has 0 saturated carbocycles. The molecule has 0 aliphatic carbocycles. The molecule has 1 saturated heterocycles. The normalized spacial score (nSPS) is 15.0. The third-order valence-electron chi connectivity index (χ3n) is 6.34. The van der Waals surface area contributed by atoms with Crippen LogP contribution >= 0.6 is 0 Å². The highest BCUT2D eigenvalue weighted by molar-refractivity contribution is 5.93. The van der Waals surface area contributed by atoms with Crippen molar-refractivity contribution in [1.82, 2.24) is 14.5 Å². The van der Waals surface area contributed by atoms with Gasteiger partial charge in [0.2, 0.25) is 0 Å². The molecule has 31 heavy (non-hydrogen) atoms. The number of fused-ring (bicyclic) bond motifs is 1. The fourth-order valence-corrected chi connectivity index (χ4v) is 4.77. The molecule has 0 unspecified atom stereocenters. The minimum atomic E-state index is 0.288. The summed E-state index contributed by atoms with van der Waals surface area (Å²) in [6, 6.07) is 13.5. The van der Waals surface area contributed by atoms with Gasteiger partial charge < -0.3 is 15.2 Å². The zero-order chi connectivity index (χ0) is 21.5. The van der Waals surface area contributed by atoms with Gasteiger partial charge in [-0.25, -0.2) is 4.98 Å². The number of imidazole rings is 1. The van der Waals surface area contributed by atoms with Crippen molar-refractivity contribution in [3.05, 3.63) is 66.2 Å². The van der Waals surface area contributed by atoms with Crippen molar-refractivity contribution >= 4 is 16.7 Å². The molecule has 1 aliphatic rings. The van der Waals surface area contributed by atoms with Crippen LogP contribution in [0, 0.1) is 13.8 Å². The fourth-order valence-electron chi connectivity index (χ4n) is 4.77. The minimum absolute atomic E-state index is 0.288. The average Bonchev–Trinajstić information content (AvgIpc) is 3.13. The van der Waals surface area contributed by atoms with Crippen molar-refractivity contribution in [2.45, 2.75) is 32.7 Å². The van der Waals surface area contributed by atoms with E-state index < -0.39 is 0 Å². The van der Waals surface area contributed by atoms with Gasteiger partial charge in [-0.2, -0.15) is 0 Å². The van der Waals surface area contributed by atoms with Crippen LogP contribution in [-0.2, 0) is 7.05 Å². The molecule has 5 heteroatoms. The second kappa shape index (κ2) is 7.82. The van der Waals surface area contributed by atoms with Crippen LogP contribution in [0.1, 0.15) is 24.0 Å². The Morgan fingerprint density at radius 1 is 0.903 bits per heavy atom. The van der Waals surface area contributed by atoms with E-state index in [1.54, 1.807) is 0 Å². The summed E-state index contributed by atoms with van der Waals surface area (Å²) in [4.78, 5) is 11.7. The smallest absolute Gasteiger partial charge is 0.0955 e. The largest absolute Gasteiger partial charge is 0.370 e. The van der Waals surface area contributed by atoms with Crippen LogP contribution in [0.5, 0.6) is 0 Å². The second-order valence-electron chi connectivity index (χ2n) is 8.84. The van der Waals surface area contributed by atoms with Gasteiger partial charge in [-0.05, 0) is 49.9 Å². The Labute approximate surface area is 183 Å². The first-order chi connectivity index (χ1) is 15.0. The van der Waals surface area contributed by atoms with Crippen molar-refractivity contribution in [3.63, 3.8) is 0 Å². The fraction of sp³-hybridized carbons (Fsp3) is 0.308. The van der Waals surface area contributed by atoms with Crippen molar-refractivity contribution in [2.75, 3.05) is 18.0 Å². The molecule has 0 atom stereocenters. The van der Waals surface area contributed by atoms with Crippen molar-refractivity contribution in [1.29, 1.82) is 0 Å². The predicted molar refractivity (Wildman–Crippen MR) is 128 cm³/mol. The van der Waals surface area contributed by atoms with Gasteiger partial charge in [0, 0.05) is 49.7 Å². The molecule has 5 nitrogen and oxygen atoms in total. The van der Waals surface area contributed by atoms with Crippen LogP contribution in [0.15, 0.2) is 55.1 Å². The number of piperidine rings is 1. The van der Waals surface area contributed by atoms with Crippen LogP contribution in [0.2, 0.25) is 0 Å². The predicted octanol–water partition coefficient (Wildman–Crippen LogP) is 4.85. The Kier molecular flexibility index (Phi) is 4.98. The zero-order valence-electron chi connectivity index (χ0n) is 18.5. The summed E-state index contributed by atoms with van der Waals surface area (Å²) in [7, 11) is 2.03. The summed E-state index contributed by atoms with van der Waals surface area (Å²) in [6.45, 7) is 6.23.